The van der Waals surface area contributed by atoms with Gasteiger partial charge in [-0.2, -0.15) is 26.3 Å². The van der Waals surface area contributed by atoms with Crippen LogP contribution in [0, 0.1) is 0 Å². The highest BCUT2D eigenvalue weighted by Gasteiger charge is 2.57. The summed E-state index contributed by atoms with van der Waals surface area (Å²) in [7, 11) is 0. The first-order valence-corrected chi connectivity index (χ1v) is 4.70. The van der Waals surface area contributed by atoms with Crippen LogP contribution in [-0.2, 0) is 0 Å². The first-order valence-electron chi connectivity index (χ1n) is 4.70. The predicted octanol–water partition coefficient (Wildman–Crippen LogP) is 3.18. The van der Waals surface area contributed by atoms with E-state index in [0.29, 0.717) is 12.1 Å². The van der Waals surface area contributed by atoms with Crippen molar-refractivity contribution in [1.82, 2.24) is 0 Å². The summed E-state index contributed by atoms with van der Waals surface area (Å²) in [5, 5.41) is 8.63. The van der Waals surface area contributed by atoms with Gasteiger partial charge in [-0.05, 0) is 17.7 Å². The van der Waals surface area contributed by atoms with Gasteiger partial charge in [-0.15, -0.1) is 0 Å². The number of carboxylic acid groups (broad SMARTS) is 1. The Morgan fingerprint density at radius 1 is 1.11 bits per heavy atom. The first-order chi connectivity index (χ1) is 8.44. The quantitative estimate of drug-likeness (QED) is 0.648. The zero-order chi connectivity index (χ0) is 15.0. The number of nitrogens with two attached hydrogens (primary N) is 1. The van der Waals surface area contributed by atoms with Crippen LogP contribution in [0.2, 0.25) is 0 Å². The monoisotopic (exact) mass is 287 g/mol. The lowest BCUT2D eigenvalue weighted by atomic mass is 9.95. The fourth-order valence-corrected chi connectivity index (χ4v) is 1.50. The van der Waals surface area contributed by atoms with Gasteiger partial charge in [0, 0.05) is 5.69 Å². The van der Waals surface area contributed by atoms with Crippen LogP contribution in [0.25, 0.3) is 0 Å². The maximum absolute atomic E-state index is 12.4. The number of anilines is 1. The first kappa shape index (κ1) is 15.1. The molecule has 0 aliphatic rings. The van der Waals surface area contributed by atoms with Crippen LogP contribution in [0.4, 0.5) is 32.0 Å². The third-order valence-corrected chi connectivity index (χ3v) is 2.30. The van der Waals surface area contributed by atoms with E-state index >= 15 is 0 Å². The average Bonchev–Trinajstić information content (AvgIpc) is 2.16. The molecule has 0 aromatic heterocycles. The van der Waals surface area contributed by atoms with Crippen molar-refractivity contribution < 1.29 is 36.2 Å². The molecule has 1 aromatic carbocycles. The third-order valence-electron chi connectivity index (χ3n) is 2.30. The predicted molar refractivity (Wildman–Crippen MR) is 52.7 cm³/mol. The molecule has 0 aliphatic heterocycles. The number of nitrogen functional groups attached to an aromatic ring is 1. The highest BCUT2D eigenvalue weighted by molar-refractivity contribution is 5.93. The lowest BCUT2D eigenvalue weighted by Gasteiger charge is -2.23. The highest BCUT2D eigenvalue weighted by Crippen LogP contribution is 2.46. The molecule has 0 fully saturated rings. The molecule has 19 heavy (non-hydrogen) atoms. The topological polar surface area (TPSA) is 63.3 Å². The van der Waals surface area contributed by atoms with Crippen LogP contribution in [-0.4, -0.2) is 23.4 Å². The number of benzene rings is 1. The van der Waals surface area contributed by atoms with Crippen LogP contribution < -0.4 is 5.73 Å². The van der Waals surface area contributed by atoms with E-state index in [4.69, 9.17) is 10.8 Å². The van der Waals surface area contributed by atoms with Crippen LogP contribution in [0.15, 0.2) is 18.2 Å². The van der Waals surface area contributed by atoms with Crippen LogP contribution in [0.5, 0.6) is 0 Å². The highest BCUT2D eigenvalue weighted by atomic mass is 19.4. The van der Waals surface area contributed by atoms with Crippen molar-refractivity contribution in [2.45, 2.75) is 18.3 Å². The minimum atomic E-state index is -5.58. The molecule has 0 saturated heterocycles. The van der Waals surface area contributed by atoms with Gasteiger partial charge in [-0.1, -0.05) is 6.07 Å². The standard InChI is InChI=1S/C10H7F6NO2/c11-9(12,13)7(10(14,15)16)4-1-2-6(17)5(3-4)8(18)19/h1-3,7H,17H2,(H,18,19). The number of hydrogen-bond donors (Lipinski definition) is 2. The number of alkyl halides is 6. The van der Waals surface area contributed by atoms with Gasteiger partial charge in [0.25, 0.3) is 0 Å². The Hall–Kier alpha value is -1.93. The number of halogens is 6. The molecule has 0 bridgehead atoms. The van der Waals surface area contributed by atoms with Gasteiger partial charge in [0.05, 0.1) is 5.56 Å². The Kier molecular flexibility index (Phi) is 3.69. The van der Waals surface area contributed by atoms with E-state index in [1.165, 1.54) is 0 Å². The number of carbonyl (C=O) groups is 1. The minimum absolute atomic E-state index is 0.281. The molecule has 0 spiro atoms. The normalized spacial score (nSPS) is 12.8. The Labute approximate surface area is 102 Å². The maximum Gasteiger partial charge on any atom is 0.404 e. The van der Waals surface area contributed by atoms with Gasteiger partial charge < -0.3 is 10.8 Å². The third kappa shape index (κ3) is 3.30. The fraction of sp³-hybridized carbons (Fsp3) is 0.300. The molecular formula is C10H7F6NO2. The molecule has 0 radical (unpaired) electrons. The van der Waals surface area contributed by atoms with E-state index in [-0.39, 0.29) is 6.07 Å². The van der Waals surface area contributed by atoms with E-state index in [1.54, 1.807) is 0 Å². The Morgan fingerprint density at radius 2 is 1.58 bits per heavy atom. The Balaban J connectivity index is 3.41. The van der Waals surface area contributed by atoms with Crippen LogP contribution in [0.3, 0.4) is 0 Å². The molecule has 0 amide bonds. The van der Waals surface area contributed by atoms with Crippen molar-refractivity contribution in [3.05, 3.63) is 29.3 Å². The second kappa shape index (κ2) is 4.63. The Morgan fingerprint density at radius 3 is 1.95 bits per heavy atom. The summed E-state index contributed by atoms with van der Waals surface area (Å²) in [6, 6.07) is 1.49. The largest absolute Gasteiger partial charge is 0.478 e. The summed E-state index contributed by atoms with van der Waals surface area (Å²) in [6.45, 7) is 0. The summed E-state index contributed by atoms with van der Waals surface area (Å²) >= 11 is 0. The molecule has 1 rings (SSSR count). The zero-order valence-corrected chi connectivity index (χ0v) is 9.01. The van der Waals surface area contributed by atoms with Gasteiger partial charge in [0.1, 0.15) is 0 Å². The number of rotatable bonds is 2. The molecule has 9 heteroatoms. The molecule has 0 atom stereocenters. The van der Waals surface area contributed by atoms with Crippen molar-refractivity contribution >= 4 is 11.7 Å². The zero-order valence-electron chi connectivity index (χ0n) is 9.01. The Bertz CT molecular complexity index is 480. The van der Waals surface area contributed by atoms with E-state index in [0.717, 1.165) is 0 Å². The lowest BCUT2D eigenvalue weighted by Crippen LogP contribution is -2.34. The molecule has 1 aromatic rings. The molecule has 3 nitrogen and oxygen atoms in total. The average molecular weight is 287 g/mol. The second-order valence-electron chi connectivity index (χ2n) is 3.67. The summed E-state index contributed by atoms with van der Waals surface area (Å²) in [5.41, 5.74) is 2.72. The molecule has 0 heterocycles. The summed E-state index contributed by atoms with van der Waals surface area (Å²) in [4.78, 5) is 10.7. The van der Waals surface area contributed by atoms with E-state index < -0.39 is 41.1 Å². The summed E-state index contributed by atoms with van der Waals surface area (Å²) < 4.78 is 74.6. The molecular weight excluding hydrogens is 280 g/mol. The van der Waals surface area contributed by atoms with Gasteiger partial charge in [0.15, 0.2) is 5.92 Å². The van der Waals surface area contributed by atoms with Gasteiger partial charge in [-0.25, -0.2) is 4.79 Å². The minimum Gasteiger partial charge on any atom is -0.478 e. The fourth-order valence-electron chi connectivity index (χ4n) is 1.50. The van der Waals surface area contributed by atoms with Crippen molar-refractivity contribution in [2.24, 2.45) is 0 Å². The number of hydrogen-bond acceptors (Lipinski definition) is 2. The SMILES string of the molecule is Nc1ccc(C(C(F)(F)F)C(F)(F)F)cc1C(=O)O. The molecule has 106 valence electrons. The maximum atomic E-state index is 12.4. The molecule has 3 N–H and O–H groups in total. The lowest BCUT2D eigenvalue weighted by molar-refractivity contribution is -0.253. The van der Waals surface area contributed by atoms with Crippen molar-refractivity contribution in [2.75, 3.05) is 5.73 Å². The van der Waals surface area contributed by atoms with Gasteiger partial charge in [-0.3, -0.25) is 0 Å². The van der Waals surface area contributed by atoms with Crippen LogP contribution >= 0.6 is 0 Å². The van der Waals surface area contributed by atoms with Crippen molar-refractivity contribution in [1.29, 1.82) is 0 Å². The number of aromatic carboxylic acids is 1. The van der Waals surface area contributed by atoms with Crippen molar-refractivity contribution in [3.63, 3.8) is 0 Å². The summed E-state index contributed by atoms with van der Waals surface area (Å²) in [6.07, 6.45) is -11.2. The number of carboxylic acids is 1. The van der Waals surface area contributed by atoms with Crippen LogP contribution in [0.1, 0.15) is 21.8 Å². The van der Waals surface area contributed by atoms with Crippen molar-refractivity contribution in [3.8, 4) is 0 Å². The second-order valence-corrected chi connectivity index (χ2v) is 3.67. The smallest absolute Gasteiger partial charge is 0.404 e. The van der Waals surface area contributed by atoms with E-state index in [1.807, 2.05) is 0 Å². The molecule has 0 aliphatic carbocycles. The molecule has 0 saturated carbocycles. The molecule has 0 unspecified atom stereocenters. The van der Waals surface area contributed by atoms with Gasteiger partial charge in [0.2, 0.25) is 0 Å². The van der Waals surface area contributed by atoms with E-state index in [9.17, 15) is 31.1 Å². The van der Waals surface area contributed by atoms with E-state index in [2.05, 4.69) is 0 Å². The van der Waals surface area contributed by atoms with Gasteiger partial charge >= 0.3 is 18.3 Å². The summed E-state index contributed by atoms with van der Waals surface area (Å²) in [5.74, 6) is -5.46.